The molecule has 1 saturated heterocycles. The van der Waals surface area contributed by atoms with Gasteiger partial charge in [-0.05, 0) is 50.2 Å². The van der Waals surface area contributed by atoms with Gasteiger partial charge in [0.25, 0.3) is 0 Å². The number of ether oxygens (including phenoxy) is 1. The highest BCUT2D eigenvalue weighted by Crippen LogP contribution is 2.43. The highest BCUT2D eigenvalue weighted by Gasteiger charge is 2.42. The summed E-state index contributed by atoms with van der Waals surface area (Å²) in [5.74, 6) is 3.11. The van der Waals surface area contributed by atoms with Gasteiger partial charge in [0.1, 0.15) is 11.6 Å². The minimum Gasteiger partial charge on any atom is -0.497 e. The van der Waals surface area contributed by atoms with Gasteiger partial charge in [-0.1, -0.05) is 25.4 Å². The average molecular weight is 468 g/mol. The monoisotopic (exact) mass is 467 g/mol. The molecule has 2 aromatic heterocycles. The lowest BCUT2D eigenvalue weighted by molar-refractivity contribution is 0.112. The van der Waals surface area contributed by atoms with E-state index in [9.17, 15) is 4.79 Å². The molecule has 33 heavy (non-hydrogen) atoms. The Morgan fingerprint density at radius 3 is 2.64 bits per heavy atom. The summed E-state index contributed by atoms with van der Waals surface area (Å²) in [6.07, 6.45) is 6.82. The highest BCUT2D eigenvalue weighted by atomic mass is 35.5. The summed E-state index contributed by atoms with van der Waals surface area (Å²) >= 11 is 5.67. The van der Waals surface area contributed by atoms with E-state index in [-0.39, 0.29) is 5.54 Å². The predicted octanol–water partition coefficient (Wildman–Crippen LogP) is 4.90. The lowest BCUT2D eigenvalue weighted by atomic mass is 9.83. The zero-order valence-corrected chi connectivity index (χ0v) is 20.3. The summed E-state index contributed by atoms with van der Waals surface area (Å²) in [5.41, 5.74) is 2.84. The van der Waals surface area contributed by atoms with Crippen molar-refractivity contribution < 1.29 is 9.53 Å². The van der Waals surface area contributed by atoms with E-state index < -0.39 is 0 Å². The molecule has 8 heteroatoms. The summed E-state index contributed by atoms with van der Waals surface area (Å²) in [5, 5.41) is 4.24. The van der Waals surface area contributed by atoms with Gasteiger partial charge in [0.15, 0.2) is 12.1 Å². The number of benzene rings is 1. The first kappa shape index (κ1) is 23.3. The molecule has 2 aliphatic heterocycles. The molecule has 2 aliphatic rings. The first-order valence-electron chi connectivity index (χ1n) is 11.2. The Balaban J connectivity index is 0.000000200. The molecule has 0 saturated carbocycles. The number of nitrogens with zero attached hydrogens (tertiary/aromatic N) is 4. The molecule has 3 aromatic rings. The topological polar surface area (TPSA) is 72.3 Å². The number of likely N-dealkylation sites (tertiary alicyclic amines) is 1. The van der Waals surface area contributed by atoms with Crippen molar-refractivity contribution in [3.63, 3.8) is 0 Å². The highest BCUT2D eigenvalue weighted by molar-refractivity contribution is 6.33. The number of hydrogen-bond donors (Lipinski definition) is 1. The van der Waals surface area contributed by atoms with Crippen LogP contribution in [0, 0.1) is 0 Å². The van der Waals surface area contributed by atoms with Crippen LogP contribution in [0.3, 0.4) is 0 Å². The van der Waals surface area contributed by atoms with Crippen LogP contribution in [0.4, 0.5) is 5.69 Å². The predicted molar refractivity (Wildman–Crippen MR) is 131 cm³/mol. The van der Waals surface area contributed by atoms with E-state index >= 15 is 0 Å². The maximum atomic E-state index is 10.4. The third-order valence-electron chi connectivity index (χ3n) is 6.34. The summed E-state index contributed by atoms with van der Waals surface area (Å²) in [6, 6.07) is 9.07. The smallest absolute Gasteiger partial charge is 0.161 e. The SMILES string of the molecule is CC(C)c1ncc2n1-c1ncccc1NC21CCN(C)CC1.COc1ccc(Cl)c(C=O)c1. The molecule has 7 nitrogen and oxygen atoms in total. The number of nitrogens with one attached hydrogen (secondary N) is 1. The number of hydrogen-bond acceptors (Lipinski definition) is 6. The van der Waals surface area contributed by atoms with Gasteiger partial charge in [-0.3, -0.25) is 9.36 Å². The fraction of sp³-hybridized carbons (Fsp3) is 0.400. The number of aldehydes is 1. The van der Waals surface area contributed by atoms with Crippen LogP contribution in [0.15, 0.2) is 42.7 Å². The molecule has 0 atom stereocenters. The molecule has 4 heterocycles. The summed E-state index contributed by atoms with van der Waals surface area (Å²) in [7, 11) is 3.74. The molecule has 5 rings (SSSR count). The fourth-order valence-corrected chi connectivity index (χ4v) is 4.61. The first-order chi connectivity index (χ1) is 15.9. The van der Waals surface area contributed by atoms with E-state index in [0.717, 1.165) is 43.3 Å². The Labute approximate surface area is 199 Å². The van der Waals surface area contributed by atoms with E-state index in [4.69, 9.17) is 21.3 Å². The lowest BCUT2D eigenvalue weighted by Crippen LogP contribution is -2.49. The van der Waals surface area contributed by atoms with Crippen LogP contribution in [0.1, 0.15) is 54.5 Å². The van der Waals surface area contributed by atoms with Crippen molar-refractivity contribution in [1.29, 1.82) is 0 Å². The van der Waals surface area contributed by atoms with Crippen molar-refractivity contribution in [1.82, 2.24) is 19.4 Å². The Kier molecular flexibility index (Phi) is 6.72. The zero-order valence-electron chi connectivity index (χ0n) is 19.5. The minimum atomic E-state index is -0.0112. The standard InChI is InChI=1S/C17H23N5.C8H7ClO2/c1-12(2)15-19-11-14-17(6-9-21(3)10-7-17)20-13-5-4-8-18-16(13)22(14)15;1-11-7-2-3-8(9)6(4-7)5-10/h4-5,8,11-12,20H,6-7,9-10H2,1-3H3;2-5H,1H3. The van der Waals surface area contributed by atoms with E-state index in [2.05, 4.69) is 52.9 Å². The molecule has 0 bridgehead atoms. The maximum absolute atomic E-state index is 10.4. The normalized spacial score (nSPS) is 16.3. The van der Waals surface area contributed by atoms with Gasteiger partial charge in [-0.15, -0.1) is 0 Å². The molecule has 174 valence electrons. The second-order valence-electron chi connectivity index (χ2n) is 8.88. The summed E-state index contributed by atoms with van der Waals surface area (Å²) in [6.45, 7) is 6.60. The van der Waals surface area contributed by atoms with Crippen LogP contribution in [-0.2, 0) is 5.54 Å². The zero-order chi connectivity index (χ0) is 23.6. The van der Waals surface area contributed by atoms with Gasteiger partial charge in [0.05, 0.1) is 35.2 Å². The van der Waals surface area contributed by atoms with Crippen LogP contribution < -0.4 is 10.1 Å². The van der Waals surface area contributed by atoms with Gasteiger partial charge in [-0.2, -0.15) is 0 Å². The lowest BCUT2D eigenvalue weighted by Gasteiger charge is -2.45. The minimum absolute atomic E-state index is 0.0112. The molecular formula is C25H30ClN5O2. The van der Waals surface area contributed by atoms with Gasteiger partial charge in [0, 0.05) is 30.8 Å². The molecule has 1 aromatic carbocycles. The van der Waals surface area contributed by atoms with Crippen molar-refractivity contribution in [2.75, 3.05) is 32.6 Å². The van der Waals surface area contributed by atoms with Gasteiger partial charge in [-0.25, -0.2) is 9.97 Å². The molecule has 0 aliphatic carbocycles. The molecule has 1 fully saturated rings. The number of carbonyl (C=O) groups is 1. The Bertz CT molecular complexity index is 1140. The van der Waals surface area contributed by atoms with Crippen molar-refractivity contribution in [3.8, 4) is 11.6 Å². The van der Waals surface area contributed by atoms with E-state index in [1.165, 1.54) is 12.8 Å². The van der Waals surface area contributed by atoms with Crippen molar-refractivity contribution >= 4 is 23.6 Å². The number of pyridine rings is 1. The third-order valence-corrected chi connectivity index (χ3v) is 6.68. The number of fused-ring (bicyclic) bond motifs is 4. The third kappa shape index (κ3) is 4.48. The molecule has 1 N–H and O–H groups in total. The molecule has 0 unspecified atom stereocenters. The number of anilines is 1. The first-order valence-corrected chi connectivity index (χ1v) is 11.6. The Hall–Kier alpha value is -2.90. The number of methoxy groups -OCH3 is 1. The molecule has 0 radical (unpaired) electrons. The second kappa shape index (κ2) is 9.53. The van der Waals surface area contributed by atoms with Crippen LogP contribution in [0.25, 0.3) is 5.82 Å². The molecular weight excluding hydrogens is 438 g/mol. The number of rotatable bonds is 3. The maximum Gasteiger partial charge on any atom is 0.161 e. The molecule has 1 spiro atoms. The Morgan fingerprint density at radius 2 is 1.97 bits per heavy atom. The van der Waals surface area contributed by atoms with Crippen LogP contribution in [-0.4, -0.2) is 53.0 Å². The number of halogens is 1. The van der Waals surface area contributed by atoms with Crippen molar-refractivity contribution in [3.05, 3.63) is 64.8 Å². The van der Waals surface area contributed by atoms with Crippen LogP contribution in [0.5, 0.6) is 5.75 Å². The number of imidazole rings is 1. The van der Waals surface area contributed by atoms with Gasteiger partial charge >= 0.3 is 0 Å². The van der Waals surface area contributed by atoms with Crippen molar-refractivity contribution in [2.45, 2.75) is 38.1 Å². The van der Waals surface area contributed by atoms with Crippen molar-refractivity contribution in [2.24, 2.45) is 0 Å². The molecule has 0 amide bonds. The van der Waals surface area contributed by atoms with E-state index in [1.54, 1.807) is 18.2 Å². The number of carbonyl (C=O) groups excluding carboxylic acids is 1. The largest absolute Gasteiger partial charge is 0.497 e. The Morgan fingerprint density at radius 1 is 1.21 bits per heavy atom. The van der Waals surface area contributed by atoms with Crippen LogP contribution >= 0.6 is 11.6 Å². The van der Waals surface area contributed by atoms with E-state index in [0.29, 0.717) is 28.5 Å². The van der Waals surface area contributed by atoms with Crippen LogP contribution in [0.2, 0.25) is 5.02 Å². The van der Waals surface area contributed by atoms with Gasteiger partial charge < -0.3 is 15.0 Å². The summed E-state index contributed by atoms with van der Waals surface area (Å²) < 4.78 is 7.19. The quantitative estimate of drug-likeness (QED) is 0.552. The fourth-order valence-electron chi connectivity index (χ4n) is 4.45. The summed E-state index contributed by atoms with van der Waals surface area (Å²) in [4.78, 5) is 22.1. The van der Waals surface area contributed by atoms with E-state index in [1.807, 2.05) is 12.3 Å². The number of aromatic nitrogens is 3. The average Bonchev–Trinajstić information content (AvgIpc) is 3.29. The number of piperidine rings is 1. The second-order valence-corrected chi connectivity index (χ2v) is 9.29. The van der Waals surface area contributed by atoms with Gasteiger partial charge in [0.2, 0.25) is 0 Å².